The molecule has 2 rings (SSSR count). The molecule has 2 N–H and O–H groups in total. The molecule has 1 aromatic carbocycles. The number of hydrogen-bond acceptors (Lipinski definition) is 4. The summed E-state index contributed by atoms with van der Waals surface area (Å²) in [6.45, 7) is 2.13. The molecule has 0 bridgehead atoms. The van der Waals surface area contributed by atoms with Crippen molar-refractivity contribution in [1.82, 2.24) is 20.5 Å². The average Bonchev–Trinajstić information content (AvgIpc) is 2.84. The first kappa shape index (κ1) is 12.6. The average molecular weight is 262 g/mol. The molecule has 0 saturated carbocycles. The molecule has 0 fully saturated rings. The summed E-state index contributed by atoms with van der Waals surface area (Å²) in [6.07, 6.45) is 0. The van der Waals surface area contributed by atoms with Crippen LogP contribution in [0, 0.1) is 0 Å². The van der Waals surface area contributed by atoms with Gasteiger partial charge in [-0.15, -0.1) is 5.10 Å². The number of carbonyl (C=O) groups is 1. The van der Waals surface area contributed by atoms with E-state index in [1.807, 2.05) is 30.3 Å². The van der Waals surface area contributed by atoms with E-state index in [2.05, 4.69) is 20.5 Å². The van der Waals surface area contributed by atoms with E-state index in [9.17, 15) is 4.79 Å². The van der Waals surface area contributed by atoms with Gasteiger partial charge in [0.25, 0.3) is 0 Å². The van der Waals surface area contributed by atoms with Gasteiger partial charge < -0.3 is 5.32 Å². The Labute approximate surface area is 109 Å². The minimum atomic E-state index is -0.0180. The smallest absolute Gasteiger partial charge is 0.216 e. The van der Waals surface area contributed by atoms with Crippen LogP contribution in [0.4, 0.5) is 0 Å². The van der Waals surface area contributed by atoms with Gasteiger partial charge in [-0.3, -0.25) is 9.89 Å². The van der Waals surface area contributed by atoms with Crippen LogP contribution in [0.25, 0.3) is 11.4 Å². The van der Waals surface area contributed by atoms with Gasteiger partial charge in [-0.05, 0) is 0 Å². The van der Waals surface area contributed by atoms with Crippen molar-refractivity contribution in [3.05, 3.63) is 30.3 Å². The van der Waals surface area contributed by atoms with Crippen molar-refractivity contribution in [2.75, 3.05) is 12.3 Å². The van der Waals surface area contributed by atoms with Crippen LogP contribution in [-0.2, 0) is 4.79 Å². The molecule has 0 spiro atoms. The van der Waals surface area contributed by atoms with Gasteiger partial charge in [0.1, 0.15) is 0 Å². The Bertz CT molecular complexity index is 512. The van der Waals surface area contributed by atoms with Crippen LogP contribution in [0.5, 0.6) is 0 Å². The molecule has 0 aliphatic heterocycles. The maximum Gasteiger partial charge on any atom is 0.216 e. The Balaban J connectivity index is 1.89. The van der Waals surface area contributed by atoms with E-state index >= 15 is 0 Å². The number of benzene rings is 1. The zero-order valence-corrected chi connectivity index (χ0v) is 10.8. The maximum atomic E-state index is 10.7. The van der Waals surface area contributed by atoms with Gasteiger partial charge in [0.05, 0.1) is 0 Å². The van der Waals surface area contributed by atoms with Gasteiger partial charge >= 0.3 is 0 Å². The number of carbonyl (C=O) groups excluding carboxylic acids is 1. The third-order valence-electron chi connectivity index (χ3n) is 2.22. The second-order valence-electron chi connectivity index (χ2n) is 3.66. The molecule has 0 aliphatic rings. The number of amides is 1. The number of nitrogens with zero attached hydrogens (tertiary/aromatic N) is 2. The van der Waals surface area contributed by atoms with E-state index < -0.39 is 0 Å². The van der Waals surface area contributed by atoms with Crippen LogP contribution in [0.1, 0.15) is 6.92 Å². The number of nitrogens with one attached hydrogen (secondary N) is 2. The molecule has 0 radical (unpaired) electrons. The molecule has 0 unspecified atom stereocenters. The largest absolute Gasteiger partial charge is 0.356 e. The second-order valence-corrected chi connectivity index (χ2v) is 4.73. The Hall–Kier alpha value is -1.82. The van der Waals surface area contributed by atoms with E-state index in [-0.39, 0.29) is 5.91 Å². The summed E-state index contributed by atoms with van der Waals surface area (Å²) in [6, 6.07) is 9.84. The number of rotatable bonds is 5. The van der Waals surface area contributed by atoms with Crippen molar-refractivity contribution in [1.29, 1.82) is 0 Å². The zero-order valence-electron chi connectivity index (χ0n) is 10.0. The summed E-state index contributed by atoms with van der Waals surface area (Å²) in [5.74, 6) is 1.50. The predicted octanol–water partition coefficient (Wildman–Crippen LogP) is 1.70. The van der Waals surface area contributed by atoms with E-state index in [4.69, 9.17) is 0 Å². The summed E-state index contributed by atoms with van der Waals surface area (Å²) < 4.78 is 0. The Morgan fingerprint density at radius 1 is 1.39 bits per heavy atom. The lowest BCUT2D eigenvalue weighted by atomic mass is 10.2. The van der Waals surface area contributed by atoms with Crippen molar-refractivity contribution in [2.45, 2.75) is 12.1 Å². The summed E-state index contributed by atoms with van der Waals surface area (Å²) in [5.41, 5.74) is 1.01. The number of aromatic amines is 1. The van der Waals surface area contributed by atoms with Crippen molar-refractivity contribution in [2.24, 2.45) is 0 Å². The van der Waals surface area contributed by atoms with Gasteiger partial charge in [0, 0.05) is 24.8 Å². The van der Waals surface area contributed by atoms with E-state index in [1.165, 1.54) is 18.7 Å². The molecule has 2 aromatic rings. The van der Waals surface area contributed by atoms with Crippen LogP contribution in [-0.4, -0.2) is 33.4 Å². The van der Waals surface area contributed by atoms with Gasteiger partial charge in [-0.1, -0.05) is 42.1 Å². The predicted molar refractivity (Wildman–Crippen MR) is 71.2 cm³/mol. The van der Waals surface area contributed by atoms with Crippen LogP contribution in [0.15, 0.2) is 35.5 Å². The molecule has 0 aliphatic carbocycles. The molecule has 1 amide bonds. The summed E-state index contributed by atoms with van der Waals surface area (Å²) in [7, 11) is 0. The highest BCUT2D eigenvalue weighted by molar-refractivity contribution is 7.99. The van der Waals surface area contributed by atoms with Crippen LogP contribution >= 0.6 is 11.8 Å². The van der Waals surface area contributed by atoms with Crippen LogP contribution in [0.3, 0.4) is 0 Å². The fourth-order valence-electron chi connectivity index (χ4n) is 1.41. The summed E-state index contributed by atoms with van der Waals surface area (Å²) >= 11 is 1.51. The molecule has 1 aromatic heterocycles. The molecular formula is C12H14N4OS. The van der Waals surface area contributed by atoms with Crippen molar-refractivity contribution in [3.8, 4) is 11.4 Å². The fraction of sp³-hybridized carbons (Fsp3) is 0.250. The highest BCUT2D eigenvalue weighted by Gasteiger charge is 2.05. The normalized spacial score (nSPS) is 10.3. The zero-order chi connectivity index (χ0) is 12.8. The standard InChI is InChI=1S/C12H14N4OS/c1-9(17)13-7-8-18-12-14-11(15-16-12)10-5-3-2-4-6-10/h2-6H,7-8H2,1H3,(H,13,17)(H,14,15,16). The molecule has 5 nitrogen and oxygen atoms in total. The topological polar surface area (TPSA) is 70.7 Å². The molecule has 18 heavy (non-hydrogen) atoms. The molecule has 0 saturated heterocycles. The fourth-order valence-corrected chi connectivity index (χ4v) is 2.06. The van der Waals surface area contributed by atoms with Gasteiger partial charge in [-0.25, -0.2) is 4.98 Å². The highest BCUT2D eigenvalue weighted by atomic mass is 32.2. The van der Waals surface area contributed by atoms with Crippen LogP contribution < -0.4 is 5.32 Å². The first-order valence-electron chi connectivity index (χ1n) is 5.61. The highest BCUT2D eigenvalue weighted by Crippen LogP contribution is 2.18. The Morgan fingerprint density at radius 2 is 2.17 bits per heavy atom. The SMILES string of the molecule is CC(=O)NCCSc1n[nH]c(-c2ccccc2)n1. The quantitative estimate of drug-likeness (QED) is 0.635. The van der Waals surface area contributed by atoms with Gasteiger partial charge in [0.2, 0.25) is 11.1 Å². The minimum absolute atomic E-state index is 0.0180. The lowest BCUT2D eigenvalue weighted by Gasteiger charge is -1.98. The molecular weight excluding hydrogens is 248 g/mol. The third-order valence-corrected chi connectivity index (χ3v) is 3.07. The van der Waals surface area contributed by atoms with E-state index in [0.717, 1.165) is 17.1 Å². The van der Waals surface area contributed by atoms with E-state index in [1.54, 1.807) is 0 Å². The van der Waals surface area contributed by atoms with Crippen molar-refractivity contribution < 1.29 is 4.79 Å². The number of aromatic nitrogens is 3. The number of hydrogen-bond donors (Lipinski definition) is 2. The number of thioether (sulfide) groups is 1. The van der Waals surface area contributed by atoms with Gasteiger partial charge in [-0.2, -0.15) is 0 Å². The van der Waals surface area contributed by atoms with Crippen molar-refractivity contribution >= 4 is 17.7 Å². The molecule has 94 valence electrons. The van der Waals surface area contributed by atoms with Crippen molar-refractivity contribution in [3.63, 3.8) is 0 Å². The molecule has 1 heterocycles. The van der Waals surface area contributed by atoms with E-state index in [0.29, 0.717) is 11.7 Å². The lowest BCUT2D eigenvalue weighted by Crippen LogP contribution is -2.22. The summed E-state index contributed by atoms with van der Waals surface area (Å²) in [4.78, 5) is 15.1. The first-order valence-corrected chi connectivity index (χ1v) is 6.59. The summed E-state index contributed by atoms with van der Waals surface area (Å²) in [5, 5.41) is 10.4. The Morgan fingerprint density at radius 3 is 2.89 bits per heavy atom. The Kier molecular flexibility index (Phi) is 4.35. The third kappa shape index (κ3) is 3.59. The van der Waals surface area contributed by atoms with Crippen LogP contribution in [0.2, 0.25) is 0 Å². The first-order chi connectivity index (χ1) is 8.75. The monoisotopic (exact) mass is 262 g/mol. The molecule has 6 heteroatoms. The minimum Gasteiger partial charge on any atom is -0.356 e. The molecule has 0 atom stereocenters. The maximum absolute atomic E-state index is 10.7. The number of H-pyrrole nitrogens is 1. The van der Waals surface area contributed by atoms with Gasteiger partial charge in [0.15, 0.2) is 5.82 Å². The lowest BCUT2D eigenvalue weighted by molar-refractivity contribution is -0.118. The second kappa shape index (κ2) is 6.20.